The van der Waals surface area contributed by atoms with Crippen LogP contribution in [-0.4, -0.2) is 47.9 Å². The predicted molar refractivity (Wildman–Crippen MR) is 146 cm³/mol. The molecule has 0 saturated heterocycles. The van der Waals surface area contributed by atoms with Crippen molar-refractivity contribution in [2.24, 2.45) is 5.10 Å². The van der Waals surface area contributed by atoms with E-state index in [1.807, 2.05) is 61.7 Å². The first kappa shape index (κ1) is 26.7. The Morgan fingerprint density at radius 3 is 2.43 bits per heavy atom. The zero-order valence-corrected chi connectivity index (χ0v) is 21.9. The molecule has 0 atom stereocenters. The van der Waals surface area contributed by atoms with Crippen molar-refractivity contribution in [3.63, 3.8) is 0 Å². The summed E-state index contributed by atoms with van der Waals surface area (Å²) in [5, 5.41) is 8.95. The highest BCUT2D eigenvalue weighted by Gasteiger charge is 2.12. The molecule has 1 aromatic heterocycles. The first-order valence-electron chi connectivity index (χ1n) is 11.0. The van der Waals surface area contributed by atoms with Crippen LogP contribution in [0, 0.1) is 13.8 Å². The number of carbonyl (C=O) groups is 2. The maximum atomic E-state index is 12.2. The third-order valence-corrected chi connectivity index (χ3v) is 6.24. The molecular weight excluding hydrogens is 505 g/mol. The molecular formula is C25H27Cl2N5O2S. The molecule has 3 rings (SSSR count). The van der Waals surface area contributed by atoms with E-state index < -0.39 is 11.8 Å². The van der Waals surface area contributed by atoms with Crippen LogP contribution in [0.15, 0.2) is 52.9 Å². The summed E-state index contributed by atoms with van der Waals surface area (Å²) in [6, 6.07) is 13.9. The smallest absolute Gasteiger partial charge is 0.249 e. The minimum absolute atomic E-state index is 0.361. The van der Waals surface area contributed by atoms with Gasteiger partial charge < -0.3 is 10.2 Å². The lowest BCUT2D eigenvalue weighted by Gasteiger charge is -2.23. The summed E-state index contributed by atoms with van der Waals surface area (Å²) in [5.74, 6) is 0.0465. The van der Waals surface area contributed by atoms with Gasteiger partial charge in [0.05, 0.1) is 11.9 Å². The standard InChI is InChI=1S/C25H27Cl2N5O2S/c1-17-3-5-19(6-4-17)22-16-35-25(29-22)30-23(33)14-24(34)31-28-15-20-7-8-21(13-18(20)2)32(11-9-26)12-10-27/h3-8,13,15-16H,9-12,14H2,1-2H3,(H,31,34)(H,29,30,33)/b28-15+. The van der Waals surface area contributed by atoms with Gasteiger partial charge in [-0.1, -0.05) is 35.9 Å². The summed E-state index contributed by atoms with van der Waals surface area (Å²) in [6.45, 7) is 5.38. The summed E-state index contributed by atoms with van der Waals surface area (Å²) in [4.78, 5) is 30.9. The Morgan fingerprint density at radius 1 is 1.06 bits per heavy atom. The van der Waals surface area contributed by atoms with Gasteiger partial charge in [-0.3, -0.25) is 9.59 Å². The van der Waals surface area contributed by atoms with Gasteiger partial charge in [0.25, 0.3) is 0 Å². The van der Waals surface area contributed by atoms with E-state index >= 15 is 0 Å². The second kappa shape index (κ2) is 13.2. The van der Waals surface area contributed by atoms with Gasteiger partial charge in [0.2, 0.25) is 11.8 Å². The summed E-state index contributed by atoms with van der Waals surface area (Å²) >= 11 is 13.1. The first-order valence-corrected chi connectivity index (χ1v) is 13.0. The van der Waals surface area contributed by atoms with Crippen molar-refractivity contribution in [3.05, 3.63) is 64.5 Å². The molecule has 0 saturated carbocycles. The van der Waals surface area contributed by atoms with Crippen LogP contribution in [0.3, 0.4) is 0 Å². The molecule has 0 bridgehead atoms. The molecule has 2 N–H and O–H groups in total. The molecule has 184 valence electrons. The zero-order valence-electron chi connectivity index (χ0n) is 19.6. The fourth-order valence-corrected chi connectivity index (χ4v) is 4.43. The highest BCUT2D eigenvalue weighted by Crippen LogP contribution is 2.25. The Hall–Kier alpha value is -2.94. The Labute approximate surface area is 219 Å². The Bertz CT molecular complexity index is 1170. The van der Waals surface area contributed by atoms with Crippen LogP contribution in [-0.2, 0) is 9.59 Å². The van der Waals surface area contributed by atoms with Gasteiger partial charge in [-0.2, -0.15) is 5.10 Å². The largest absolute Gasteiger partial charge is 0.369 e. The average molecular weight is 532 g/mol. The van der Waals surface area contributed by atoms with Crippen molar-refractivity contribution >= 4 is 63.4 Å². The molecule has 7 nitrogen and oxygen atoms in total. The molecule has 2 aromatic carbocycles. The van der Waals surface area contributed by atoms with Crippen LogP contribution in [0.1, 0.15) is 23.1 Å². The molecule has 10 heteroatoms. The van der Waals surface area contributed by atoms with Crippen molar-refractivity contribution in [2.75, 3.05) is 35.1 Å². The van der Waals surface area contributed by atoms with Crippen LogP contribution in [0.25, 0.3) is 11.3 Å². The number of aryl methyl sites for hydroxylation is 2. The van der Waals surface area contributed by atoms with Gasteiger partial charge in [0.15, 0.2) is 5.13 Å². The number of carbonyl (C=O) groups excluding carboxylic acids is 2. The number of amides is 2. The third kappa shape index (κ3) is 8.06. The first-order chi connectivity index (χ1) is 16.9. The number of alkyl halides is 2. The van der Waals surface area contributed by atoms with Gasteiger partial charge in [0, 0.05) is 41.5 Å². The van der Waals surface area contributed by atoms with E-state index in [4.69, 9.17) is 23.2 Å². The maximum absolute atomic E-state index is 12.2. The number of thiazole rings is 1. The van der Waals surface area contributed by atoms with Crippen molar-refractivity contribution in [2.45, 2.75) is 20.3 Å². The Morgan fingerprint density at radius 2 is 1.77 bits per heavy atom. The van der Waals surface area contributed by atoms with Crippen LogP contribution < -0.4 is 15.6 Å². The number of hydrogen-bond acceptors (Lipinski definition) is 6. The van der Waals surface area contributed by atoms with Crippen molar-refractivity contribution in [3.8, 4) is 11.3 Å². The van der Waals surface area contributed by atoms with E-state index in [1.54, 1.807) is 6.21 Å². The summed E-state index contributed by atoms with van der Waals surface area (Å²) in [6.07, 6.45) is 1.19. The number of aromatic nitrogens is 1. The molecule has 0 spiro atoms. The van der Waals surface area contributed by atoms with Crippen molar-refractivity contribution < 1.29 is 9.59 Å². The van der Waals surface area contributed by atoms with E-state index in [0.717, 1.165) is 33.6 Å². The molecule has 0 aliphatic heterocycles. The van der Waals surface area contributed by atoms with E-state index in [1.165, 1.54) is 11.3 Å². The lowest BCUT2D eigenvalue weighted by molar-refractivity contribution is -0.126. The SMILES string of the molecule is Cc1ccc(-c2csc(NC(=O)CC(=O)N/N=C/c3ccc(N(CCCl)CCCl)cc3C)n2)cc1. The number of nitrogens with zero attached hydrogens (tertiary/aromatic N) is 3. The molecule has 0 unspecified atom stereocenters. The van der Waals surface area contributed by atoms with E-state index in [-0.39, 0.29) is 6.42 Å². The third-order valence-electron chi connectivity index (χ3n) is 5.14. The number of rotatable bonds is 11. The van der Waals surface area contributed by atoms with Crippen molar-refractivity contribution in [1.29, 1.82) is 0 Å². The molecule has 0 radical (unpaired) electrons. The van der Waals surface area contributed by atoms with E-state index in [0.29, 0.717) is 30.0 Å². The van der Waals surface area contributed by atoms with E-state index in [9.17, 15) is 9.59 Å². The number of anilines is 2. The number of halogens is 2. The molecule has 0 aliphatic rings. The lowest BCUT2D eigenvalue weighted by Crippen LogP contribution is -2.27. The summed E-state index contributed by atoms with van der Waals surface area (Å²) in [5.41, 5.74) is 8.15. The predicted octanol–water partition coefficient (Wildman–Crippen LogP) is 5.19. The summed E-state index contributed by atoms with van der Waals surface area (Å²) < 4.78 is 0. The number of hydrazone groups is 1. The minimum Gasteiger partial charge on any atom is -0.369 e. The zero-order chi connectivity index (χ0) is 25.2. The highest BCUT2D eigenvalue weighted by molar-refractivity contribution is 7.14. The maximum Gasteiger partial charge on any atom is 0.249 e. The fraction of sp³-hybridized carbons (Fsp3) is 0.280. The summed E-state index contributed by atoms with van der Waals surface area (Å²) in [7, 11) is 0. The molecule has 3 aromatic rings. The second-order valence-electron chi connectivity index (χ2n) is 7.83. The minimum atomic E-state index is -0.515. The number of benzene rings is 2. The van der Waals surface area contributed by atoms with Gasteiger partial charge in [-0.05, 0) is 37.1 Å². The molecule has 1 heterocycles. The lowest BCUT2D eigenvalue weighted by atomic mass is 10.1. The monoisotopic (exact) mass is 531 g/mol. The molecule has 0 aliphatic carbocycles. The van der Waals surface area contributed by atoms with Gasteiger partial charge in [0.1, 0.15) is 6.42 Å². The average Bonchev–Trinajstić information content (AvgIpc) is 3.28. The van der Waals surface area contributed by atoms with Gasteiger partial charge >= 0.3 is 0 Å². The molecule has 0 fully saturated rings. The van der Waals surface area contributed by atoms with Crippen molar-refractivity contribution in [1.82, 2.24) is 10.4 Å². The molecule has 35 heavy (non-hydrogen) atoms. The van der Waals surface area contributed by atoms with Gasteiger partial charge in [-0.25, -0.2) is 10.4 Å². The Balaban J connectivity index is 1.50. The normalized spacial score (nSPS) is 11.0. The number of hydrogen-bond donors (Lipinski definition) is 2. The topological polar surface area (TPSA) is 86.7 Å². The molecule has 2 amide bonds. The number of nitrogens with one attached hydrogen (secondary N) is 2. The Kier molecular flexibility index (Phi) is 10.1. The van der Waals surface area contributed by atoms with Crippen LogP contribution in [0.2, 0.25) is 0 Å². The fourth-order valence-electron chi connectivity index (χ4n) is 3.29. The van der Waals surface area contributed by atoms with E-state index in [2.05, 4.69) is 25.7 Å². The van der Waals surface area contributed by atoms with Gasteiger partial charge in [-0.15, -0.1) is 34.5 Å². The highest BCUT2D eigenvalue weighted by atomic mass is 35.5. The van der Waals surface area contributed by atoms with Crippen LogP contribution >= 0.6 is 34.5 Å². The van der Waals surface area contributed by atoms with Crippen LogP contribution in [0.5, 0.6) is 0 Å². The second-order valence-corrected chi connectivity index (χ2v) is 9.44. The van der Waals surface area contributed by atoms with Crippen LogP contribution in [0.4, 0.5) is 10.8 Å². The quantitative estimate of drug-likeness (QED) is 0.154.